The maximum atomic E-state index is 10.8. The van der Waals surface area contributed by atoms with Crippen LogP contribution in [0.3, 0.4) is 0 Å². The molecule has 1 aliphatic heterocycles. The first kappa shape index (κ1) is 26.8. The van der Waals surface area contributed by atoms with E-state index in [-0.39, 0.29) is 19.8 Å². The Bertz CT molecular complexity index is 1050. The van der Waals surface area contributed by atoms with Crippen molar-refractivity contribution in [3.8, 4) is 0 Å². The Morgan fingerprint density at radius 2 is 1.30 bits per heavy atom. The average molecular weight is 506 g/mol. The maximum Gasteiger partial charge on any atom is 0.186 e. The largest absolute Gasteiger partial charge is 0.387 e. The summed E-state index contributed by atoms with van der Waals surface area (Å²) >= 11 is 0. The standard InChI is InChI=1S/C28H31N3O6/c29-31-30-17-10-18-35-27-26(34)25(33)24(32)23(37-27)19-36-28(20-11-4-1-5-12-20,21-13-6-2-7-14-21)22-15-8-3-9-16-22/h1-9,11-16,23-27,32-34H,10,17-19H2/t23?,24-,25?,26?,27-/m1/s1. The molecule has 1 aliphatic rings. The Kier molecular flexibility index (Phi) is 9.27. The van der Waals surface area contributed by atoms with Crippen molar-refractivity contribution in [2.75, 3.05) is 19.8 Å². The summed E-state index contributed by atoms with van der Waals surface area (Å²) in [5.41, 5.74) is 10.00. The number of aliphatic hydroxyl groups excluding tert-OH is 3. The second-order valence-corrected chi connectivity index (χ2v) is 8.78. The third-order valence-electron chi connectivity index (χ3n) is 6.42. The summed E-state index contributed by atoms with van der Waals surface area (Å²) in [5.74, 6) is 0. The zero-order chi connectivity index (χ0) is 26.1. The molecular formula is C28H31N3O6. The van der Waals surface area contributed by atoms with Crippen LogP contribution in [0.5, 0.6) is 0 Å². The van der Waals surface area contributed by atoms with Crippen molar-refractivity contribution in [2.24, 2.45) is 5.11 Å². The van der Waals surface area contributed by atoms with Crippen molar-refractivity contribution in [3.63, 3.8) is 0 Å². The number of aliphatic hydroxyl groups is 3. The van der Waals surface area contributed by atoms with Gasteiger partial charge in [0.05, 0.1) is 6.61 Å². The third kappa shape index (κ3) is 6.01. The second kappa shape index (κ2) is 12.8. The molecule has 0 amide bonds. The lowest BCUT2D eigenvalue weighted by Crippen LogP contribution is -2.59. The van der Waals surface area contributed by atoms with Crippen LogP contribution in [0.15, 0.2) is 96.1 Å². The number of ether oxygens (including phenoxy) is 3. The van der Waals surface area contributed by atoms with E-state index in [4.69, 9.17) is 19.7 Å². The summed E-state index contributed by atoms with van der Waals surface area (Å²) in [6, 6.07) is 29.3. The molecule has 1 saturated heterocycles. The van der Waals surface area contributed by atoms with Gasteiger partial charge in [-0.1, -0.05) is 96.1 Å². The van der Waals surface area contributed by atoms with Gasteiger partial charge < -0.3 is 29.5 Å². The first-order chi connectivity index (χ1) is 18.1. The molecule has 1 heterocycles. The van der Waals surface area contributed by atoms with Crippen molar-refractivity contribution in [1.82, 2.24) is 0 Å². The molecule has 37 heavy (non-hydrogen) atoms. The summed E-state index contributed by atoms with van der Waals surface area (Å²) < 4.78 is 18.2. The minimum atomic E-state index is -1.50. The second-order valence-electron chi connectivity index (χ2n) is 8.78. The Morgan fingerprint density at radius 1 is 0.784 bits per heavy atom. The third-order valence-corrected chi connectivity index (χ3v) is 6.42. The van der Waals surface area contributed by atoms with E-state index in [9.17, 15) is 15.3 Å². The van der Waals surface area contributed by atoms with E-state index in [0.717, 1.165) is 16.7 Å². The molecule has 9 heteroatoms. The summed E-state index contributed by atoms with van der Waals surface area (Å²) in [6.07, 6.45) is -6.11. The van der Waals surface area contributed by atoms with Crippen LogP contribution < -0.4 is 0 Å². The van der Waals surface area contributed by atoms with E-state index in [2.05, 4.69) is 10.0 Å². The number of azide groups is 1. The van der Waals surface area contributed by atoms with E-state index in [0.29, 0.717) is 6.42 Å². The first-order valence-corrected chi connectivity index (χ1v) is 12.2. The van der Waals surface area contributed by atoms with Gasteiger partial charge in [0, 0.05) is 18.1 Å². The molecule has 1 fully saturated rings. The zero-order valence-electron chi connectivity index (χ0n) is 20.3. The zero-order valence-corrected chi connectivity index (χ0v) is 20.3. The summed E-state index contributed by atoms with van der Waals surface area (Å²) in [5, 5.41) is 35.1. The molecule has 5 atom stereocenters. The fraction of sp³-hybridized carbons (Fsp3) is 0.357. The molecule has 9 nitrogen and oxygen atoms in total. The lowest BCUT2D eigenvalue weighted by Gasteiger charge is -2.42. The molecule has 0 aliphatic carbocycles. The van der Waals surface area contributed by atoms with Crippen LogP contribution in [-0.2, 0) is 19.8 Å². The molecule has 0 radical (unpaired) electrons. The summed E-state index contributed by atoms with van der Waals surface area (Å²) in [6.45, 7) is 0.256. The number of nitrogens with zero attached hydrogens (tertiary/aromatic N) is 3. The molecule has 3 N–H and O–H groups in total. The fourth-order valence-corrected chi connectivity index (χ4v) is 4.55. The molecule has 0 bridgehead atoms. The smallest absolute Gasteiger partial charge is 0.186 e. The van der Waals surface area contributed by atoms with E-state index in [1.54, 1.807) is 0 Å². The minimum Gasteiger partial charge on any atom is -0.387 e. The van der Waals surface area contributed by atoms with E-state index < -0.39 is 36.3 Å². The van der Waals surface area contributed by atoms with Crippen molar-refractivity contribution in [2.45, 2.75) is 42.7 Å². The Labute approximate surface area is 215 Å². The van der Waals surface area contributed by atoms with E-state index >= 15 is 0 Å². The Balaban J connectivity index is 1.63. The number of benzene rings is 3. The molecule has 0 saturated carbocycles. The molecule has 3 unspecified atom stereocenters. The van der Waals surface area contributed by atoms with Crippen molar-refractivity contribution < 1.29 is 29.5 Å². The lowest BCUT2D eigenvalue weighted by molar-refractivity contribution is -0.305. The number of rotatable bonds is 11. The average Bonchev–Trinajstić information content (AvgIpc) is 2.95. The molecule has 3 aromatic carbocycles. The van der Waals surface area contributed by atoms with Crippen LogP contribution in [0.2, 0.25) is 0 Å². The van der Waals surface area contributed by atoms with Crippen LogP contribution in [0, 0.1) is 0 Å². The van der Waals surface area contributed by atoms with Crippen LogP contribution in [0.1, 0.15) is 23.1 Å². The van der Waals surface area contributed by atoms with Crippen LogP contribution >= 0.6 is 0 Å². The van der Waals surface area contributed by atoms with Gasteiger partial charge in [-0.05, 0) is 28.6 Å². The number of hydrogen-bond acceptors (Lipinski definition) is 7. The van der Waals surface area contributed by atoms with Gasteiger partial charge in [-0.3, -0.25) is 0 Å². The van der Waals surface area contributed by atoms with Gasteiger partial charge in [-0.15, -0.1) is 0 Å². The summed E-state index contributed by atoms with van der Waals surface area (Å²) in [4.78, 5) is 2.69. The first-order valence-electron chi connectivity index (χ1n) is 12.2. The number of hydrogen-bond donors (Lipinski definition) is 3. The molecule has 4 rings (SSSR count). The van der Waals surface area contributed by atoms with Gasteiger partial charge in [0.15, 0.2) is 6.29 Å². The van der Waals surface area contributed by atoms with Gasteiger partial charge in [0.1, 0.15) is 30.0 Å². The predicted molar refractivity (Wildman–Crippen MR) is 136 cm³/mol. The Hall–Kier alpha value is -3.27. The highest BCUT2D eigenvalue weighted by atomic mass is 16.7. The topological polar surface area (TPSA) is 137 Å². The highest BCUT2D eigenvalue weighted by molar-refractivity contribution is 5.47. The maximum absolute atomic E-state index is 10.8. The monoisotopic (exact) mass is 505 g/mol. The van der Waals surface area contributed by atoms with Crippen LogP contribution in [0.4, 0.5) is 0 Å². The molecular weight excluding hydrogens is 474 g/mol. The molecule has 194 valence electrons. The molecule has 0 spiro atoms. The van der Waals surface area contributed by atoms with Crippen LogP contribution in [0.25, 0.3) is 10.4 Å². The predicted octanol–water partition coefficient (Wildman–Crippen LogP) is 3.52. The minimum absolute atomic E-state index is 0.109. The molecule has 3 aromatic rings. The van der Waals surface area contributed by atoms with E-state index in [1.165, 1.54) is 0 Å². The van der Waals surface area contributed by atoms with Crippen molar-refractivity contribution >= 4 is 0 Å². The van der Waals surface area contributed by atoms with Crippen LogP contribution in [-0.4, -0.2) is 65.8 Å². The van der Waals surface area contributed by atoms with Gasteiger partial charge in [-0.25, -0.2) is 0 Å². The highest BCUT2D eigenvalue weighted by Crippen LogP contribution is 2.41. The molecule has 0 aromatic heterocycles. The summed E-state index contributed by atoms with van der Waals surface area (Å²) in [7, 11) is 0. The Morgan fingerprint density at radius 3 is 1.78 bits per heavy atom. The van der Waals surface area contributed by atoms with Crippen molar-refractivity contribution in [1.29, 1.82) is 0 Å². The van der Waals surface area contributed by atoms with E-state index in [1.807, 2.05) is 91.0 Å². The quantitative estimate of drug-likeness (QED) is 0.120. The van der Waals surface area contributed by atoms with Gasteiger partial charge in [0.2, 0.25) is 0 Å². The van der Waals surface area contributed by atoms with Gasteiger partial charge >= 0.3 is 0 Å². The van der Waals surface area contributed by atoms with Gasteiger partial charge in [0.25, 0.3) is 0 Å². The normalized spacial score (nSPS) is 23.8. The highest BCUT2D eigenvalue weighted by Gasteiger charge is 2.46. The van der Waals surface area contributed by atoms with Gasteiger partial charge in [-0.2, -0.15) is 0 Å². The fourth-order valence-electron chi connectivity index (χ4n) is 4.55. The lowest BCUT2D eigenvalue weighted by atomic mass is 9.80. The SMILES string of the molecule is [N-]=[N+]=NCCCO[C@@H]1OC(COC(c2ccccc2)(c2ccccc2)c2ccccc2)[C@@H](O)C(O)C1O. The van der Waals surface area contributed by atoms with Crippen molar-refractivity contribution in [3.05, 3.63) is 118 Å².